The number of hydrogen-bond acceptors (Lipinski definition) is 5. The van der Waals surface area contributed by atoms with Gasteiger partial charge >= 0.3 is 5.97 Å². The third-order valence-electron chi connectivity index (χ3n) is 2.70. The number of carbonyl (C=O) groups excluding carboxylic acids is 2. The molecule has 20 heavy (non-hydrogen) atoms. The second-order valence-electron chi connectivity index (χ2n) is 4.20. The highest BCUT2D eigenvalue weighted by molar-refractivity contribution is 6.06. The molecule has 1 aromatic carbocycles. The van der Waals surface area contributed by atoms with Crippen molar-refractivity contribution >= 4 is 17.6 Å². The van der Waals surface area contributed by atoms with E-state index in [1.165, 1.54) is 13.4 Å². The summed E-state index contributed by atoms with van der Waals surface area (Å²) in [6.45, 7) is 2.57. The third kappa shape index (κ3) is 3.09. The maximum atomic E-state index is 12.0. The third-order valence-corrected chi connectivity index (χ3v) is 2.70. The van der Waals surface area contributed by atoms with E-state index in [9.17, 15) is 9.59 Å². The number of nitrogens with one attached hydrogen (secondary N) is 1. The van der Waals surface area contributed by atoms with Crippen molar-refractivity contribution in [2.75, 3.05) is 25.6 Å². The molecule has 0 spiro atoms. The van der Waals surface area contributed by atoms with E-state index in [1.54, 1.807) is 18.2 Å². The van der Waals surface area contributed by atoms with Crippen LogP contribution in [0.3, 0.4) is 0 Å². The molecule has 0 unspecified atom stereocenters. The van der Waals surface area contributed by atoms with Crippen LogP contribution in [0.1, 0.15) is 15.9 Å². The molecule has 0 atom stereocenters. The molecule has 6 nitrogen and oxygen atoms in total. The van der Waals surface area contributed by atoms with Crippen LogP contribution >= 0.6 is 0 Å². The molecule has 2 rings (SSSR count). The van der Waals surface area contributed by atoms with Crippen LogP contribution in [-0.4, -0.2) is 32.2 Å². The standard InChI is InChI=1S/C14H15NO5/c1-9-3-4-11(10(7-9)14(17)18-2)15-13(16)12-8-19-5-6-20-12/h3-4,7-8H,5-6H2,1-2H3,(H,15,16). The molecule has 1 aromatic rings. The SMILES string of the molecule is COC(=O)c1cc(C)ccc1NC(=O)C1=COCCO1. The van der Waals surface area contributed by atoms with E-state index < -0.39 is 11.9 Å². The molecule has 0 radical (unpaired) electrons. The van der Waals surface area contributed by atoms with Gasteiger partial charge in [0.25, 0.3) is 5.91 Å². The zero-order valence-electron chi connectivity index (χ0n) is 11.3. The monoisotopic (exact) mass is 277 g/mol. The largest absolute Gasteiger partial charge is 0.494 e. The fraction of sp³-hybridized carbons (Fsp3) is 0.286. The summed E-state index contributed by atoms with van der Waals surface area (Å²) in [7, 11) is 1.29. The van der Waals surface area contributed by atoms with Crippen LogP contribution in [0.15, 0.2) is 30.2 Å². The van der Waals surface area contributed by atoms with Crippen LogP contribution in [0.4, 0.5) is 5.69 Å². The fourth-order valence-corrected chi connectivity index (χ4v) is 1.72. The first-order chi connectivity index (χ1) is 9.61. The Morgan fingerprint density at radius 2 is 2.10 bits per heavy atom. The topological polar surface area (TPSA) is 73.9 Å². The summed E-state index contributed by atoms with van der Waals surface area (Å²) >= 11 is 0. The quantitative estimate of drug-likeness (QED) is 0.850. The van der Waals surface area contributed by atoms with Crippen LogP contribution < -0.4 is 5.32 Å². The van der Waals surface area contributed by atoms with Gasteiger partial charge in [0.2, 0.25) is 5.76 Å². The lowest BCUT2D eigenvalue weighted by Crippen LogP contribution is -2.22. The van der Waals surface area contributed by atoms with Gasteiger partial charge in [0.1, 0.15) is 19.5 Å². The fourth-order valence-electron chi connectivity index (χ4n) is 1.72. The van der Waals surface area contributed by atoms with Gasteiger partial charge in [0.05, 0.1) is 18.4 Å². The van der Waals surface area contributed by atoms with Gasteiger partial charge in [-0.1, -0.05) is 11.6 Å². The molecule has 6 heteroatoms. The van der Waals surface area contributed by atoms with Crippen molar-refractivity contribution in [3.05, 3.63) is 41.3 Å². The minimum Gasteiger partial charge on any atom is -0.494 e. The van der Waals surface area contributed by atoms with E-state index in [4.69, 9.17) is 14.2 Å². The average molecular weight is 277 g/mol. The van der Waals surface area contributed by atoms with Crippen LogP contribution in [0, 0.1) is 6.92 Å². The summed E-state index contributed by atoms with van der Waals surface area (Å²) in [4.78, 5) is 23.7. The second-order valence-corrected chi connectivity index (χ2v) is 4.20. The molecule has 1 aliphatic rings. The number of rotatable bonds is 3. The molecule has 0 aromatic heterocycles. The van der Waals surface area contributed by atoms with E-state index in [0.717, 1.165) is 5.56 Å². The first-order valence-electron chi connectivity index (χ1n) is 6.06. The minimum absolute atomic E-state index is 0.0765. The Morgan fingerprint density at radius 1 is 1.30 bits per heavy atom. The van der Waals surface area contributed by atoms with Crippen LogP contribution in [0.25, 0.3) is 0 Å². The molecule has 1 amide bonds. The van der Waals surface area contributed by atoms with Crippen molar-refractivity contribution in [3.63, 3.8) is 0 Å². The van der Waals surface area contributed by atoms with E-state index in [-0.39, 0.29) is 11.3 Å². The molecule has 1 aliphatic heterocycles. The van der Waals surface area contributed by atoms with Gasteiger partial charge < -0.3 is 19.5 Å². The Kier molecular flexibility index (Phi) is 4.24. The Balaban J connectivity index is 2.22. The van der Waals surface area contributed by atoms with Gasteiger partial charge in [0, 0.05) is 0 Å². The highest BCUT2D eigenvalue weighted by Gasteiger charge is 2.19. The highest BCUT2D eigenvalue weighted by Crippen LogP contribution is 2.19. The Bertz CT molecular complexity index is 565. The molecule has 0 saturated heterocycles. The van der Waals surface area contributed by atoms with Crippen molar-refractivity contribution in [1.29, 1.82) is 0 Å². The zero-order valence-corrected chi connectivity index (χ0v) is 11.3. The van der Waals surface area contributed by atoms with Gasteiger partial charge in [-0.05, 0) is 19.1 Å². The summed E-state index contributed by atoms with van der Waals surface area (Å²) < 4.78 is 14.9. The van der Waals surface area contributed by atoms with Crippen molar-refractivity contribution in [3.8, 4) is 0 Å². The number of anilines is 1. The van der Waals surface area contributed by atoms with E-state index in [2.05, 4.69) is 5.32 Å². The Morgan fingerprint density at radius 3 is 2.75 bits per heavy atom. The van der Waals surface area contributed by atoms with Crippen molar-refractivity contribution < 1.29 is 23.8 Å². The number of hydrogen-bond donors (Lipinski definition) is 1. The van der Waals surface area contributed by atoms with Gasteiger partial charge in [-0.3, -0.25) is 4.79 Å². The van der Waals surface area contributed by atoms with E-state index >= 15 is 0 Å². The number of methoxy groups -OCH3 is 1. The molecule has 106 valence electrons. The number of esters is 1. The van der Waals surface area contributed by atoms with Crippen molar-refractivity contribution in [2.45, 2.75) is 6.92 Å². The van der Waals surface area contributed by atoms with Crippen LogP contribution in [0.5, 0.6) is 0 Å². The summed E-state index contributed by atoms with van der Waals surface area (Å²) in [5.41, 5.74) is 1.54. The first-order valence-corrected chi connectivity index (χ1v) is 6.06. The summed E-state index contributed by atoms with van der Waals surface area (Å²) in [6, 6.07) is 5.08. The molecular formula is C14H15NO5. The normalized spacial score (nSPS) is 13.6. The Labute approximate surface area is 116 Å². The average Bonchev–Trinajstić information content (AvgIpc) is 2.49. The van der Waals surface area contributed by atoms with Crippen molar-refractivity contribution in [2.24, 2.45) is 0 Å². The van der Waals surface area contributed by atoms with Gasteiger partial charge in [0.15, 0.2) is 0 Å². The van der Waals surface area contributed by atoms with Gasteiger partial charge in [-0.15, -0.1) is 0 Å². The molecular weight excluding hydrogens is 262 g/mol. The zero-order chi connectivity index (χ0) is 14.5. The second kappa shape index (κ2) is 6.10. The smallest absolute Gasteiger partial charge is 0.339 e. The van der Waals surface area contributed by atoms with Crippen LogP contribution in [0.2, 0.25) is 0 Å². The lowest BCUT2D eigenvalue weighted by molar-refractivity contribution is -0.117. The molecule has 1 N–H and O–H groups in total. The molecule has 1 heterocycles. The number of carbonyl (C=O) groups is 2. The number of aryl methyl sites for hydroxylation is 1. The molecule has 0 saturated carbocycles. The molecule has 0 fully saturated rings. The maximum Gasteiger partial charge on any atom is 0.339 e. The van der Waals surface area contributed by atoms with E-state index in [1.807, 2.05) is 6.92 Å². The molecule has 0 bridgehead atoms. The summed E-state index contributed by atoms with van der Waals surface area (Å²) in [6.07, 6.45) is 1.25. The van der Waals surface area contributed by atoms with Gasteiger partial charge in [-0.25, -0.2) is 4.79 Å². The first kappa shape index (κ1) is 13.9. The number of ether oxygens (including phenoxy) is 3. The minimum atomic E-state index is -0.515. The lowest BCUT2D eigenvalue weighted by Gasteiger charge is -2.16. The summed E-state index contributed by atoms with van der Waals surface area (Å²) in [5.74, 6) is -0.912. The van der Waals surface area contributed by atoms with Gasteiger partial charge in [-0.2, -0.15) is 0 Å². The Hall–Kier alpha value is -2.50. The highest BCUT2D eigenvalue weighted by atomic mass is 16.6. The summed E-state index contributed by atoms with van der Waals surface area (Å²) in [5, 5.41) is 2.61. The number of amides is 1. The van der Waals surface area contributed by atoms with Crippen LogP contribution in [-0.2, 0) is 19.0 Å². The predicted molar refractivity (Wildman–Crippen MR) is 71.1 cm³/mol. The van der Waals surface area contributed by atoms with E-state index in [0.29, 0.717) is 18.9 Å². The lowest BCUT2D eigenvalue weighted by atomic mass is 10.1. The predicted octanol–water partition coefficient (Wildman–Crippen LogP) is 1.61. The maximum absolute atomic E-state index is 12.0. The number of benzene rings is 1. The van der Waals surface area contributed by atoms with Crippen molar-refractivity contribution in [1.82, 2.24) is 0 Å². The molecule has 0 aliphatic carbocycles.